The molecule has 156 valence electrons. The van der Waals surface area contributed by atoms with E-state index < -0.39 is 5.97 Å². The number of halogens is 1. The molecular formula is C23H19BrN4O3. The number of carbonyl (C=O) groups excluding carboxylic acids is 2. The summed E-state index contributed by atoms with van der Waals surface area (Å²) >= 11 is 3.50. The van der Waals surface area contributed by atoms with Gasteiger partial charge in [0, 0.05) is 32.7 Å². The predicted molar refractivity (Wildman–Crippen MR) is 123 cm³/mol. The van der Waals surface area contributed by atoms with Gasteiger partial charge in [0.15, 0.2) is 0 Å². The number of hydrazone groups is 1. The second-order valence-corrected chi connectivity index (χ2v) is 7.61. The average molecular weight is 479 g/mol. The van der Waals surface area contributed by atoms with E-state index in [9.17, 15) is 9.59 Å². The molecule has 0 unspecified atom stereocenters. The lowest BCUT2D eigenvalue weighted by Crippen LogP contribution is -2.18. The Kier molecular flexibility index (Phi) is 5.99. The van der Waals surface area contributed by atoms with Crippen molar-refractivity contribution in [2.75, 3.05) is 6.61 Å². The van der Waals surface area contributed by atoms with Gasteiger partial charge in [0.1, 0.15) is 11.4 Å². The lowest BCUT2D eigenvalue weighted by molar-refractivity contribution is 0.0520. The van der Waals surface area contributed by atoms with E-state index in [0.29, 0.717) is 23.6 Å². The predicted octanol–water partition coefficient (Wildman–Crippen LogP) is 4.87. The van der Waals surface area contributed by atoms with Crippen LogP contribution in [-0.2, 0) is 4.74 Å². The number of benzene rings is 2. The van der Waals surface area contributed by atoms with E-state index in [1.807, 2.05) is 48.5 Å². The number of nitrogens with zero attached hydrogens (tertiary/aromatic N) is 1. The minimum atomic E-state index is -0.442. The van der Waals surface area contributed by atoms with Crippen molar-refractivity contribution in [3.8, 4) is 11.1 Å². The van der Waals surface area contributed by atoms with Crippen LogP contribution in [0.25, 0.3) is 22.0 Å². The average Bonchev–Trinajstić information content (AvgIpc) is 3.39. The van der Waals surface area contributed by atoms with E-state index in [-0.39, 0.29) is 5.91 Å². The van der Waals surface area contributed by atoms with Crippen molar-refractivity contribution in [3.63, 3.8) is 0 Å². The smallest absolute Gasteiger partial charge is 0.354 e. The Bertz CT molecular complexity index is 1270. The molecule has 0 atom stereocenters. The van der Waals surface area contributed by atoms with Crippen LogP contribution in [0.3, 0.4) is 0 Å². The topological polar surface area (TPSA) is 99.3 Å². The standard InChI is InChI=1S/C23H19BrN4O3/c1-2-31-23(30)19-10-14(12-25-19)13-26-28-22(29)21-20(15-6-4-3-5-7-15)17-11-16(24)8-9-18(17)27-21/h3-13,25,27H,2H2,1H3,(H,28,29)/b26-13+. The highest BCUT2D eigenvalue weighted by atomic mass is 79.9. The fourth-order valence-electron chi connectivity index (χ4n) is 3.27. The van der Waals surface area contributed by atoms with Crippen molar-refractivity contribution < 1.29 is 14.3 Å². The summed E-state index contributed by atoms with van der Waals surface area (Å²) in [4.78, 5) is 30.7. The fraction of sp³-hybridized carbons (Fsp3) is 0.0870. The number of H-pyrrole nitrogens is 2. The van der Waals surface area contributed by atoms with Crippen LogP contribution in [-0.4, -0.2) is 34.7 Å². The van der Waals surface area contributed by atoms with Gasteiger partial charge in [-0.2, -0.15) is 5.10 Å². The second kappa shape index (κ2) is 9.01. The van der Waals surface area contributed by atoms with Crippen molar-refractivity contribution in [2.24, 2.45) is 5.10 Å². The fourth-order valence-corrected chi connectivity index (χ4v) is 3.63. The number of aromatic nitrogens is 2. The lowest BCUT2D eigenvalue weighted by atomic mass is 10.0. The summed E-state index contributed by atoms with van der Waals surface area (Å²) in [6, 6.07) is 17.1. The van der Waals surface area contributed by atoms with E-state index in [1.165, 1.54) is 6.21 Å². The van der Waals surface area contributed by atoms with Crippen molar-refractivity contribution in [3.05, 3.63) is 82.2 Å². The van der Waals surface area contributed by atoms with Crippen molar-refractivity contribution >= 4 is 44.9 Å². The van der Waals surface area contributed by atoms with Gasteiger partial charge < -0.3 is 14.7 Å². The molecule has 4 aromatic rings. The Hall–Kier alpha value is -3.65. The van der Waals surface area contributed by atoms with E-state index in [2.05, 4.69) is 36.4 Å². The van der Waals surface area contributed by atoms with Crippen LogP contribution in [0.4, 0.5) is 0 Å². The Morgan fingerprint density at radius 1 is 1.16 bits per heavy atom. The van der Waals surface area contributed by atoms with E-state index >= 15 is 0 Å². The third kappa shape index (κ3) is 4.44. The molecule has 2 aromatic carbocycles. The van der Waals surface area contributed by atoms with Gasteiger partial charge in [0.2, 0.25) is 0 Å². The van der Waals surface area contributed by atoms with Crippen LogP contribution >= 0.6 is 15.9 Å². The number of nitrogens with one attached hydrogen (secondary N) is 3. The first-order valence-corrected chi connectivity index (χ1v) is 10.4. The summed E-state index contributed by atoms with van der Waals surface area (Å²) in [6.45, 7) is 2.04. The summed E-state index contributed by atoms with van der Waals surface area (Å²) in [5.41, 5.74) is 6.49. The maximum Gasteiger partial charge on any atom is 0.354 e. The van der Waals surface area contributed by atoms with Gasteiger partial charge in [-0.25, -0.2) is 10.2 Å². The summed E-state index contributed by atoms with van der Waals surface area (Å²) in [5.74, 6) is -0.813. The van der Waals surface area contributed by atoms with Gasteiger partial charge in [-0.15, -0.1) is 0 Å². The maximum absolute atomic E-state index is 12.9. The molecular weight excluding hydrogens is 460 g/mol. The first kappa shape index (κ1) is 20.6. The summed E-state index contributed by atoms with van der Waals surface area (Å²) in [5, 5.41) is 4.96. The number of hydrogen-bond donors (Lipinski definition) is 3. The number of fused-ring (bicyclic) bond motifs is 1. The number of hydrogen-bond acceptors (Lipinski definition) is 4. The first-order chi connectivity index (χ1) is 15.1. The summed E-state index contributed by atoms with van der Waals surface area (Å²) in [7, 11) is 0. The quantitative estimate of drug-likeness (QED) is 0.209. The SMILES string of the molecule is CCOC(=O)c1cc(/C=N/NC(=O)c2[nH]c3ccc(Br)cc3c2-c2ccccc2)c[nH]1. The molecule has 0 saturated carbocycles. The zero-order valence-corrected chi connectivity index (χ0v) is 18.2. The maximum atomic E-state index is 12.9. The molecule has 31 heavy (non-hydrogen) atoms. The molecule has 2 heterocycles. The Balaban J connectivity index is 1.60. The molecule has 0 fully saturated rings. The van der Waals surface area contributed by atoms with Crippen LogP contribution in [0, 0.1) is 0 Å². The third-order valence-corrected chi connectivity index (χ3v) is 5.12. The van der Waals surface area contributed by atoms with Gasteiger partial charge in [-0.1, -0.05) is 46.3 Å². The summed E-state index contributed by atoms with van der Waals surface area (Å²) < 4.78 is 5.86. The number of esters is 1. The van der Waals surface area contributed by atoms with Gasteiger partial charge >= 0.3 is 5.97 Å². The molecule has 1 amide bonds. The Morgan fingerprint density at radius 3 is 2.74 bits per heavy atom. The third-order valence-electron chi connectivity index (χ3n) is 4.63. The molecule has 0 radical (unpaired) electrons. The highest BCUT2D eigenvalue weighted by Gasteiger charge is 2.19. The number of carbonyl (C=O) groups is 2. The van der Waals surface area contributed by atoms with Gasteiger partial charge in [-0.05, 0) is 36.8 Å². The molecule has 0 aliphatic rings. The monoisotopic (exact) mass is 478 g/mol. The number of ether oxygens (including phenoxy) is 1. The van der Waals surface area contributed by atoms with E-state index in [4.69, 9.17) is 4.74 Å². The molecule has 4 rings (SSSR count). The minimum absolute atomic E-state index is 0.294. The number of amides is 1. The number of rotatable bonds is 6. The normalized spacial score (nSPS) is 11.2. The Morgan fingerprint density at radius 2 is 1.97 bits per heavy atom. The highest BCUT2D eigenvalue weighted by Crippen LogP contribution is 2.34. The van der Waals surface area contributed by atoms with E-state index in [1.54, 1.807) is 19.2 Å². The highest BCUT2D eigenvalue weighted by molar-refractivity contribution is 9.10. The molecule has 0 bridgehead atoms. The molecule has 0 aliphatic heterocycles. The largest absolute Gasteiger partial charge is 0.461 e. The van der Waals surface area contributed by atoms with Crippen LogP contribution in [0.1, 0.15) is 33.5 Å². The van der Waals surface area contributed by atoms with Crippen LogP contribution in [0.5, 0.6) is 0 Å². The molecule has 8 heteroatoms. The lowest BCUT2D eigenvalue weighted by Gasteiger charge is -2.04. The van der Waals surface area contributed by atoms with Crippen molar-refractivity contribution in [1.82, 2.24) is 15.4 Å². The minimum Gasteiger partial charge on any atom is -0.461 e. The van der Waals surface area contributed by atoms with Crippen LogP contribution in [0.2, 0.25) is 0 Å². The Labute approximate surface area is 186 Å². The summed E-state index contributed by atoms with van der Waals surface area (Å²) in [6.07, 6.45) is 3.07. The van der Waals surface area contributed by atoms with E-state index in [0.717, 1.165) is 26.5 Å². The molecule has 2 aromatic heterocycles. The molecule has 7 nitrogen and oxygen atoms in total. The number of aromatic amines is 2. The molecule has 3 N–H and O–H groups in total. The molecule has 0 aliphatic carbocycles. The van der Waals surface area contributed by atoms with Crippen LogP contribution in [0.15, 0.2) is 70.4 Å². The van der Waals surface area contributed by atoms with Gasteiger partial charge in [-0.3, -0.25) is 4.79 Å². The van der Waals surface area contributed by atoms with Gasteiger partial charge in [0.05, 0.1) is 12.8 Å². The molecule has 0 saturated heterocycles. The van der Waals surface area contributed by atoms with Crippen LogP contribution < -0.4 is 5.43 Å². The van der Waals surface area contributed by atoms with Crippen molar-refractivity contribution in [2.45, 2.75) is 6.92 Å². The zero-order valence-electron chi connectivity index (χ0n) is 16.6. The molecule has 0 spiro atoms. The zero-order chi connectivity index (χ0) is 21.8. The second-order valence-electron chi connectivity index (χ2n) is 6.70. The van der Waals surface area contributed by atoms with Gasteiger partial charge in [0.25, 0.3) is 5.91 Å². The first-order valence-electron chi connectivity index (χ1n) is 9.62. The van der Waals surface area contributed by atoms with Crippen molar-refractivity contribution in [1.29, 1.82) is 0 Å².